The van der Waals surface area contributed by atoms with E-state index in [1.54, 1.807) is 25.6 Å². The number of nitrogens with zero attached hydrogens (tertiary/aromatic N) is 2. The molecule has 0 radical (unpaired) electrons. The first-order valence-corrected chi connectivity index (χ1v) is 10.2. The quantitative estimate of drug-likeness (QED) is 0.645. The van der Waals surface area contributed by atoms with E-state index in [1.807, 2.05) is 25.2 Å². The van der Waals surface area contributed by atoms with Crippen LogP contribution in [-0.2, 0) is 6.54 Å². The Bertz CT molecular complexity index is 707. The molecule has 2 aromatic rings. The van der Waals surface area contributed by atoms with Gasteiger partial charge in [0.1, 0.15) is 5.01 Å². The number of para-hydroxylation sites is 1. The Morgan fingerprint density at radius 1 is 1.18 bits per heavy atom. The number of benzene rings is 1. The zero-order valence-corrected chi connectivity index (χ0v) is 19.2. The molecular formula is C20H31Cl2N3O2S. The first kappa shape index (κ1) is 25.0. The SMILES string of the molecule is CNCCC1CCN(Cc2csc(-c3cccc(OC)c3OC)n2)CC1.Cl.Cl. The van der Waals surface area contributed by atoms with E-state index in [0.29, 0.717) is 0 Å². The molecular weight excluding hydrogens is 417 g/mol. The fourth-order valence-corrected chi connectivity index (χ4v) is 4.40. The molecule has 1 aliphatic heterocycles. The molecule has 1 aliphatic rings. The molecule has 8 heteroatoms. The number of rotatable bonds is 8. The maximum Gasteiger partial charge on any atom is 0.170 e. The van der Waals surface area contributed by atoms with Crippen molar-refractivity contribution >= 4 is 36.2 Å². The van der Waals surface area contributed by atoms with Gasteiger partial charge in [-0.25, -0.2) is 4.98 Å². The van der Waals surface area contributed by atoms with E-state index < -0.39 is 0 Å². The van der Waals surface area contributed by atoms with Crippen molar-refractivity contribution < 1.29 is 9.47 Å². The monoisotopic (exact) mass is 447 g/mol. The highest BCUT2D eigenvalue weighted by atomic mass is 35.5. The summed E-state index contributed by atoms with van der Waals surface area (Å²) in [6, 6.07) is 5.93. The van der Waals surface area contributed by atoms with Crippen molar-refractivity contribution in [2.24, 2.45) is 5.92 Å². The zero-order chi connectivity index (χ0) is 18.4. The molecule has 1 saturated heterocycles. The minimum absolute atomic E-state index is 0. The Balaban J connectivity index is 0.00000196. The van der Waals surface area contributed by atoms with E-state index in [2.05, 4.69) is 15.6 Å². The van der Waals surface area contributed by atoms with Gasteiger partial charge >= 0.3 is 0 Å². The molecule has 1 aromatic carbocycles. The molecule has 5 nitrogen and oxygen atoms in total. The summed E-state index contributed by atoms with van der Waals surface area (Å²) in [7, 11) is 5.37. The Kier molecular flexibility index (Phi) is 11.2. The normalized spacial score (nSPS) is 14.8. The van der Waals surface area contributed by atoms with Gasteiger partial charge in [0.05, 0.1) is 25.5 Å². The number of likely N-dealkylation sites (tertiary alicyclic amines) is 1. The summed E-state index contributed by atoms with van der Waals surface area (Å²) in [5.41, 5.74) is 2.14. The zero-order valence-electron chi connectivity index (χ0n) is 16.8. The second-order valence-corrected chi connectivity index (χ2v) is 7.65. The molecule has 1 N–H and O–H groups in total. The van der Waals surface area contributed by atoms with E-state index >= 15 is 0 Å². The topological polar surface area (TPSA) is 46.6 Å². The molecule has 0 amide bonds. The van der Waals surface area contributed by atoms with Gasteiger partial charge < -0.3 is 14.8 Å². The third-order valence-corrected chi connectivity index (χ3v) is 6.00. The van der Waals surface area contributed by atoms with Crippen LogP contribution < -0.4 is 14.8 Å². The highest BCUT2D eigenvalue weighted by Crippen LogP contribution is 2.39. The number of thiazole rings is 1. The lowest BCUT2D eigenvalue weighted by Gasteiger charge is -2.31. The van der Waals surface area contributed by atoms with Gasteiger partial charge in [-0.3, -0.25) is 4.90 Å². The molecule has 0 unspecified atom stereocenters. The van der Waals surface area contributed by atoms with Gasteiger partial charge in [-0.05, 0) is 64.0 Å². The number of halogens is 2. The van der Waals surface area contributed by atoms with E-state index in [0.717, 1.165) is 46.8 Å². The van der Waals surface area contributed by atoms with Crippen LogP contribution in [0.4, 0.5) is 0 Å². The molecule has 0 aliphatic carbocycles. The highest BCUT2D eigenvalue weighted by Gasteiger charge is 2.20. The van der Waals surface area contributed by atoms with E-state index in [4.69, 9.17) is 14.5 Å². The molecule has 28 heavy (non-hydrogen) atoms. The van der Waals surface area contributed by atoms with Crippen molar-refractivity contribution in [1.82, 2.24) is 15.2 Å². The van der Waals surface area contributed by atoms with Crippen molar-refractivity contribution in [2.75, 3.05) is 40.9 Å². The minimum Gasteiger partial charge on any atom is -0.493 e. The van der Waals surface area contributed by atoms with Gasteiger partial charge in [0.2, 0.25) is 0 Å². The van der Waals surface area contributed by atoms with E-state index in [9.17, 15) is 0 Å². The molecule has 1 fully saturated rings. The molecule has 0 saturated carbocycles. The Hall–Kier alpha value is -1.05. The number of nitrogens with one attached hydrogen (secondary N) is 1. The molecule has 2 heterocycles. The molecule has 0 spiro atoms. The van der Waals surface area contributed by atoms with Crippen LogP contribution in [0.3, 0.4) is 0 Å². The predicted octanol–water partition coefficient (Wildman–Crippen LogP) is 4.49. The van der Waals surface area contributed by atoms with Crippen molar-refractivity contribution in [3.05, 3.63) is 29.3 Å². The van der Waals surface area contributed by atoms with Gasteiger partial charge in [-0.2, -0.15) is 0 Å². The van der Waals surface area contributed by atoms with Crippen LogP contribution in [-0.4, -0.2) is 50.8 Å². The number of hydrogen-bond acceptors (Lipinski definition) is 6. The van der Waals surface area contributed by atoms with Crippen LogP contribution in [0, 0.1) is 5.92 Å². The van der Waals surface area contributed by atoms with Crippen molar-refractivity contribution in [3.63, 3.8) is 0 Å². The summed E-state index contributed by atoms with van der Waals surface area (Å²) in [6.07, 6.45) is 3.88. The predicted molar refractivity (Wildman–Crippen MR) is 122 cm³/mol. The number of aromatic nitrogens is 1. The highest BCUT2D eigenvalue weighted by molar-refractivity contribution is 7.13. The first-order chi connectivity index (χ1) is 12.7. The standard InChI is InChI=1S/C20H29N3O2S.2ClH/c1-21-10-7-15-8-11-23(12-9-15)13-16-14-26-20(22-16)17-5-4-6-18(24-2)19(17)25-3;;/h4-6,14-15,21H,7-13H2,1-3H3;2*1H. The average molecular weight is 448 g/mol. The maximum absolute atomic E-state index is 5.55. The van der Waals surface area contributed by atoms with Gasteiger partial charge in [0, 0.05) is 11.9 Å². The van der Waals surface area contributed by atoms with E-state index in [-0.39, 0.29) is 24.8 Å². The summed E-state index contributed by atoms with van der Waals surface area (Å²) in [5.74, 6) is 2.36. The smallest absolute Gasteiger partial charge is 0.170 e. The third-order valence-electron chi connectivity index (χ3n) is 5.08. The fraction of sp³-hybridized carbons (Fsp3) is 0.550. The van der Waals surface area contributed by atoms with Crippen LogP contribution in [0.5, 0.6) is 11.5 Å². The lowest BCUT2D eigenvalue weighted by Crippen LogP contribution is -2.34. The number of hydrogen-bond donors (Lipinski definition) is 1. The van der Waals surface area contributed by atoms with Gasteiger partial charge in [0.25, 0.3) is 0 Å². The van der Waals surface area contributed by atoms with Crippen molar-refractivity contribution in [2.45, 2.75) is 25.8 Å². The van der Waals surface area contributed by atoms with Crippen LogP contribution in [0.1, 0.15) is 25.0 Å². The number of ether oxygens (including phenoxy) is 2. The summed E-state index contributed by atoms with van der Waals surface area (Å²) in [4.78, 5) is 7.38. The van der Waals surface area contributed by atoms with Gasteiger partial charge in [-0.15, -0.1) is 36.2 Å². The van der Waals surface area contributed by atoms with Crippen LogP contribution in [0.2, 0.25) is 0 Å². The van der Waals surface area contributed by atoms with E-state index in [1.165, 1.54) is 32.4 Å². The lowest BCUT2D eigenvalue weighted by atomic mass is 9.93. The Morgan fingerprint density at radius 2 is 1.93 bits per heavy atom. The van der Waals surface area contributed by atoms with Gasteiger partial charge in [0.15, 0.2) is 11.5 Å². The second-order valence-electron chi connectivity index (χ2n) is 6.80. The Morgan fingerprint density at radius 3 is 2.57 bits per heavy atom. The average Bonchev–Trinajstić information content (AvgIpc) is 3.15. The molecule has 0 bridgehead atoms. The Labute approximate surface area is 184 Å². The molecule has 1 aromatic heterocycles. The number of piperidine rings is 1. The van der Waals surface area contributed by atoms with Gasteiger partial charge in [-0.1, -0.05) is 6.07 Å². The summed E-state index contributed by atoms with van der Waals surface area (Å²) in [5, 5.41) is 6.41. The summed E-state index contributed by atoms with van der Waals surface area (Å²) >= 11 is 1.67. The number of methoxy groups -OCH3 is 2. The molecule has 158 valence electrons. The van der Waals surface area contributed by atoms with Crippen LogP contribution in [0.15, 0.2) is 23.6 Å². The largest absolute Gasteiger partial charge is 0.493 e. The molecule has 3 rings (SSSR count). The lowest BCUT2D eigenvalue weighted by molar-refractivity contribution is 0.171. The van der Waals surface area contributed by atoms with Crippen molar-refractivity contribution in [1.29, 1.82) is 0 Å². The second kappa shape index (κ2) is 12.5. The third kappa shape index (κ3) is 6.22. The van der Waals surface area contributed by atoms with Crippen molar-refractivity contribution in [3.8, 4) is 22.1 Å². The van der Waals surface area contributed by atoms with Crippen LogP contribution in [0.25, 0.3) is 10.6 Å². The fourth-order valence-electron chi connectivity index (χ4n) is 3.57. The van der Waals surface area contributed by atoms with Crippen LogP contribution >= 0.6 is 36.2 Å². The summed E-state index contributed by atoms with van der Waals surface area (Å²) in [6.45, 7) is 4.40. The maximum atomic E-state index is 5.55. The minimum atomic E-state index is 0. The first-order valence-electron chi connectivity index (χ1n) is 9.28. The summed E-state index contributed by atoms with van der Waals surface area (Å²) < 4.78 is 11.0. The molecule has 0 atom stereocenters.